The average molecular weight is 1720 g/mol. The number of benzene rings is 3. The summed E-state index contributed by atoms with van der Waals surface area (Å²) in [7, 11) is 0. The number of nitrogens with zero attached hydrogens (tertiary/aromatic N) is 1. The van der Waals surface area contributed by atoms with Crippen LogP contribution in [0.15, 0.2) is 204 Å². The van der Waals surface area contributed by atoms with E-state index in [0.29, 0.717) is 0 Å². The Balaban J connectivity index is 0.749. The molecule has 0 saturated carbocycles. The molecular formula is C66H51NS27. The second-order valence-electron chi connectivity index (χ2n) is 20.0. The molecule has 9 aliphatic rings. The van der Waals surface area contributed by atoms with Crippen LogP contribution >= 0.6 is 316 Å². The van der Waals surface area contributed by atoms with Gasteiger partial charge in [0.2, 0.25) is 0 Å². The first-order chi connectivity index (χ1) is 46.2. The maximum absolute atomic E-state index is 2.49. The van der Waals surface area contributed by atoms with Crippen molar-refractivity contribution in [3.8, 4) is 31.3 Å². The molecule has 0 aliphatic carbocycles. The van der Waals surface area contributed by atoms with Crippen LogP contribution in [0.3, 0.4) is 0 Å². The second kappa shape index (κ2) is 33.5. The summed E-state index contributed by atoms with van der Waals surface area (Å²) in [6.07, 6.45) is 20.8. The summed E-state index contributed by atoms with van der Waals surface area (Å²) in [5, 5.41) is 0. The molecule has 482 valence electrons. The molecular weight excluding hydrogens is 1670 g/mol. The van der Waals surface area contributed by atoms with Crippen LogP contribution < -0.4 is 4.90 Å². The van der Waals surface area contributed by atoms with E-state index in [0.717, 1.165) is 17.1 Å². The minimum absolute atomic E-state index is 1.12. The quantitative estimate of drug-likeness (QED) is 0.0803. The zero-order valence-electron chi connectivity index (χ0n) is 50.3. The lowest BCUT2D eigenvalue weighted by Gasteiger charge is -2.26. The fourth-order valence-corrected chi connectivity index (χ4v) is 46.2. The van der Waals surface area contributed by atoms with Gasteiger partial charge < -0.3 is 4.90 Å². The maximum atomic E-state index is 2.49. The summed E-state index contributed by atoms with van der Waals surface area (Å²) in [5.41, 5.74) is 11.1. The smallest absolute Gasteiger partial charge is 0.0660 e. The third kappa shape index (κ3) is 16.1. The van der Waals surface area contributed by atoms with Crippen LogP contribution in [0, 0.1) is 0 Å². The Morgan fingerprint density at radius 1 is 0.287 bits per heavy atom. The number of hydrogen-bond acceptors (Lipinski definition) is 28. The molecule has 0 bridgehead atoms. The van der Waals surface area contributed by atoms with Gasteiger partial charge in [0, 0.05) is 97.6 Å². The lowest BCUT2D eigenvalue weighted by atomic mass is 10.1. The predicted molar refractivity (Wildman–Crippen MR) is 485 cm³/mol. The van der Waals surface area contributed by atoms with Gasteiger partial charge in [0.05, 0.1) is 76.3 Å². The van der Waals surface area contributed by atoms with Gasteiger partial charge in [0.25, 0.3) is 0 Å². The molecule has 3 aromatic heterocycles. The third-order valence-electron chi connectivity index (χ3n) is 14.3. The number of thiophene rings is 3. The van der Waals surface area contributed by atoms with Crippen LogP contribution in [0.4, 0.5) is 17.1 Å². The second-order valence-corrected chi connectivity index (χ2v) is 51.8. The summed E-state index contributed by atoms with van der Waals surface area (Å²) >= 11 is 52.6. The Hall–Kier alpha value is 1.84. The van der Waals surface area contributed by atoms with Crippen molar-refractivity contribution in [2.75, 3.05) is 77.0 Å². The molecule has 6 aromatic rings. The summed E-state index contributed by atoms with van der Waals surface area (Å²) in [4.78, 5) is 10.2. The van der Waals surface area contributed by atoms with Crippen molar-refractivity contribution >= 4 is 350 Å². The van der Waals surface area contributed by atoms with Gasteiger partial charge in [0.1, 0.15) is 0 Å². The largest absolute Gasteiger partial charge is 0.311 e. The highest BCUT2D eigenvalue weighted by Gasteiger charge is 2.33. The minimum atomic E-state index is 1.12. The summed E-state index contributed by atoms with van der Waals surface area (Å²) < 4.78 is 25.6. The van der Waals surface area contributed by atoms with E-state index in [1.54, 1.807) is 0 Å². The van der Waals surface area contributed by atoms with E-state index in [-0.39, 0.29) is 0 Å². The van der Waals surface area contributed by atoms with Gasteiger partial charge in [-0.15, -0.1) is 175 Å². The summed E-state index contributed by atoms with van der Waals surface area (Å²) in [5.74, 6) is 7.14. The average Bonchev–Trinajstić information content (AvgIpc) is 1.89. The van der Waals surface area contributed by atoms with E-state index in [1.807, 2.05) is 316 Å². The molecule has 94 heavy (non-hydrogen) atoms. The molecule has 0 atom stereocenters. The Labute approximate surface area is 666 Å². The SMILES string of the molecule is CSC1=C(SC)SC(=C(C=C2SC3=C(SCCS3)S2)c2ccc(-c3ccc(N(c4ccc(-c5ccc(C(C=C6SC7=C(SCCS7)S6)=C6SC(SC)=C(SC)S6)s5)cc4)c4ccc(-c5ccc(C(C=C6SC7=C(SCCS7)S6)=C6SC(SC)=C(SC)S6)s5)cc4)cc3)s2)S1. The fraction of sp³-hybridized carbons (Fsp3) is 0.182. The lowest BCUT2D eigenvalue weighted by molar-refractivity contribution is 1.28. The van der Waals surface area contributed by atoms with Gasteiger partial charge in [-0.1, -0.05) is 178 Å². The minimum Gasteiger partial charge on any atom is -0.311 e. The van der Waals surface area contributed by atoms with E-state index in [9.17, 15) is 0 Å². The third-order valence-corrected chi connectivity index (χ3v) is 50.5. The molecule has 0 amide bonds. The highest BCUT2D eigenvalue weighted by Crippen LogP contribution is 2.67. The number of rotatable bonds is 18. The number of hydrogen-bond donors (Lipinski definition) is 0. The number of anilines is 3. The highest BCUT2D eigenvalue weighted by atomic mass is 32.3. The van der Waals surface area contributed by atoms with Crippen LogP contribution in [0.2, 0.25) is 0 Å². The standard InChI is InChI=1S/C66H51NS27/c1-68-55-56(69-2)90-52(89-55)40(31-49-83-61-62(84-49)75-26-25-74-61)46-22-19-43(80-46)34-7-13-37(14-8-34)67(38-15-9-35(10-16-38)44-20-23-47(81-44)41(53-91-57(70-3)58(71-4)92-53)32-50-85-63-64(86-50)77-28-27-76-63)39-17-11-36(12-18-39)45-21-24-48(82-45)42(54-93-59(72-5)60(73-6)94-54)33-51-87-65-66(88-51)79-30-29-78-65/h7-24,31-33H,25-30H2,1-6H3. The van der Waals surface area contributed by atoms with Crippen molar-refractivity contribution in [3.05, 3.63) is 218 Å². The highest BCUT2D eigenvalue weighted by molar-refractivity contribution is 8.44. The van der Waals surface area contributed by atoms with Gasteiger partial charge in [0.15, 0.2) is 0 Å². The molecule has 0 radical (unpaired) electrons. The van der Waals surface area contributed by atoms with E-state index in [2.05, 4.69) is 170 Å². The van der Waals surface area contributed by atoms with Gasteiger partial charge >= 0.3 is 0 Å². The van der Waals surface area contributed by atoms with Crippen LogP contribution in [-0.4, -0.2) is 72.1 Å². The van der Waals surface area contributed by atoms with Crippen molar-refractivity contribution in [3.63, 3.8) is 0 Å². The Morgan fingerprint density at radius 3 is 0.723 bits per heavy atom. The molecule has 9 aliphatic heterocycles. The van der Waals surface area contributed by atoms with Crippen molar-refractivity contribution in [1.82, 2.24) is 0 Å². The van der Waals surface area contributed by atoms with Crippen molar-refractivity contribution in [2.45, 2.75) is 0 Å². The molecule has 0 unspecified atom stereocenters. The first-order valence-electron chi connectivity index (χ1n) is 28.6. The van der Waals surface area contributed by atoms with Crippen LogP contribution in [0.1, 0.15) is 14.6 Å². The monoisotopic (exact) mass is 1720 g/mol. The molecule has 0 fully saturated rings. The lowest BCUT2D eigenvalue weighted by Crippen LogP contribution is -2.09. The summed E-state index contributed by atoms with van der Waals surface area (Å²) in [6, 6.07) is 42.1. The van der Waals surface area contributed by atoms with Gasteiger partial charge in [-0.05, 0) is 145 Å². The molecule has 28 heteroatoms. The summed E-state index contributed by atoms with van der Waals surface area (Å²) in [6.45, 7) is 0. The predicted octanol–water partition coefficient (Wildman–Crippen LogP) is 31.1. The van der Waals surface area contributed by atoms with Crippen molar-refractivity contribution in [1.29, 1.82) is 0 Å². The van der Waals surface area contributed by atoms with Crippen LogP contribution in [0.5, 0.6) is 0 Å². The Bertz CT molecular complexity index is 3830. The van der Waals surface area contributed by atoms with Gasteiger partial charge in [-0.3, -0.25) is 0 Å². The zero-order chi connectivity index (χ0) is 63.8. The molecule has 0 spiro atoms. The maximum Gasteiger partial charge on any atom is 0.0660 e. The van der Waals surface area contributed by atoms with Crippen LogP contribution in [0.25, 0.3) is 48.0 Å². The normalized spacial score (nSPS) is 19.1. The fourth-order valence-electron chi connectivity index (χ4n) is 10.0. The van der Waals surface area contributed by atoms with Crippen LogP contribution in [-0.2, 0) is 0 Å². The molecule has 15 rings (SSSR count). The van der Waals surface area contributed by atoms with Crippen molar-refractivity contribution in [2.24, 2.45) is 0 Å². The Kier molecular flexibility index (Phi) is 25.5. The van der Waals surface area contributed by atoms with Gasteiger partial charge in [-0.2, -0.15) is 0 Å². The molecule has 0 saturated heterocycles. The molecule has 12 heterocycles. The number of thioether (sulfide) groups is 24. The first kappa shape index (κ1) is 71.5. The number of allylic oxidation sites excluding steroid dienone is 6. The zero-order valence-corrected chi connectivity index (χ0v) is 72.4. The van der Waals surface area contributed by atoms with Crippen molar-refractivity contribution < 1.29 is 0 Å². The molecule has 1 nitrogen and oxygen atoms in total. The molecule has 0 N–H and O–H groups in total. The van der Waals surface area contributed by atoms with Gasteiger partial charge in [-0.25, -0.2) is 0 Å². The molecule has 3 aromatic carbocycles. The first-order valence-corrected chi connectivity index (χ1v) is 54.1. The Morgan fingerprint density at radius 2 is 0.511 bits per heavy atom. The van der Waals surface area contributed by atoms with E-state index < -0.39 is 0 Å². The van der Waals surface area contributed by atoms with E-state index in [4.69, 9.17) is 0 Å². The van der Waals surface area contributed by atoms with E-state index >= 15 is 0 Å². The van der Waals surface area contributed by atoms with E-state index in [1.165, 1.54) is 173 Å². The topological polar surface area (TPSA) is 3.24 Å².